The Bertz CT molecular complexity index is 1140. The number of hydrogen-bond acceptors (Lipinski definition) is 13. The molecule has 0 aliphatic heterocycles. The minimum atomic E-state index is -0.758. The third kappa shape index (κ3) is 5.08. The molecule has 0 N–H and O–H groups in total. The number of aromatic nitrogens is 2. The number of rotatable bonds is 8. The van der Waals surface area contributed by atoms with E-state index in [1.807, 2.05) is 0 Å². The van der Waals surface area contributed by atoms with Crippen LogP contribution < -0.4 is 0 Å². The zero-order valence-electron chi connectivity index (χ0n) is 14.6. The van der Waals surface area contributed by atoms with Crippen LogP contribution in [0.15, 0.2) is 54.9 Å². The molecule has 0 saturated heterocycles. The van der Waals surface area contributed by atoms with Gasteiger partial charge in [-0.1, -0.05) is 34.9 Å². The van der Waals surface area contributed by atoms with Gasteiger partial charge in [-0.2, -0.15) is 0 Å². The molecule has 31 heavy (non-hydrogen) atoms. The highest BCUT2D eigenvalue weighted by molar-refractivity contribution is 8.03. The van der Waals surface area contributed by atoms with Gasteiger partial charge in [-0.05, 0) is 12.1 Å². The molecular weight excluding hydrogens is 476 g/mol. The van der Waals surface area contributed by atoms with Gasteiger partial charge < -0.3 is 0 Å². The molecule has 0 aliphatic rings. The van der Waals surface area contributed by atoms with Crippen molar-refractivity contribution in [3.8, 4) is 0 Å². The molecule has 158 valence electrons. The van der Waals surface area contributed by atoms with E-state index in [0.717, 1.165) is 59.1 Å². The number of nitrogens with zero attached hydrogens (tertiary/aromatic N) is 6. The summed E-state index contributed by atoms with van der Waals surface area (Å²) >= 11 is 2.69. The van der Waals surface area contributed by atoms with Crippen molar-refractivity contribution in [3.63, 3.8) is 0 Å². The van der Waals surface area contributed by atoms with Crippen LogP contribution in [-0.4, -0.2) is 29.9 Å². The largest absolute Gasteiger partial charge is 0.290 e. The Kier molecular flexibility index (Phi) is 6.37. The van der Waals surface area contributed by atoms with Crippen molar-refractivity contribution in [1.29, 1.82) is 0 Å². The maximum Gasteiger partial charge on any atom is 0.290 e. The molecule has 14 nitrogen and oxygen atoms in total. The van der Waals surface area contributed by atoms with Crippen LogP contribution in [0.2, 0.25) is 0 Å². The molecule has 1 heterocycles. The first-order chi connectivity index (χ1) is 14.7. The van der Waals surface area contributed by atoms with Crippen molar-refractivity contribution in [1.82, 2.24) is 10.2 Å². The third-order valence-electron chi connectivity index (χ3n) is 3.48. The summed E-state index contributed by atoms with van der Waals surface area (Å²) in [5.41, 5.74) is -1.82. The molecule has 0 fully saturated rings. The summed E-state index contributed by atoms with van der Waals surface area (Å²) in [4.78, 5) is 41.3. The topological polar surface area (TPSA) is 198 Å². The molecule has 0 aliphatic carbocycles. The summed E-state index contributed by atoms with van der Waals surface area (Å²) in [6, 6.07) is 6.34. The van der Waals surface area contributed by atoms with Crippen LogP contribution in [0.3, 0.4) is 0 Å². The Morgan fingerprint density at radius 3 is 1.35 bits per heavy atom. The second-order valence-corrected chi connectivity index (χ2v) is 8.93. The van der Waals surface area contributed by atoms with E-state index in [9.17, 15) is 40.5 Å². The molecule has 0 spiro atoms. The standard InChI is InChI=1S/C14H6N6O8S3/c21-17(22)7-1-3-11(9(5-7)19(25)26)29-13-15-16-14(31-13)30-12-4-2-8(18(23)24)6-10(12)20(27)28/h1-6H. The fourth-order valence-electron chi connectivity index (χ4n) is 2.16. The van der Waals surface area contributed by atoms with E-state index < -0.39 is 42.4 Å². The van der Waals surface area contributed by atoms with Gasteiger partial charge in [0, 0.05) is 12.1 Å². The second-order valence-electron chi connectivity index (χ2n) is 5.37. The normalized spacial score (nSPS) is 10.6. The zero-order valence-corrected chi connectivity index (χ0v) is 17.1. The molecule has 3 rings (SSSR count). The van der Waals surface area contributed by atoms with Crippen LogP contribution in [0, 0.1) is 40.5 Å². The number of benzene rings is 2. The van der Waals surface area contributed by atoms with Gasteiger partial charge in [0.2, 0.25) is 0 Å². The van der Waals surface area contributed by atoms with Crippen LogP contribution >= 0.6 is 34.9 Å². The van der Waals surface area contributed by atoms with Gasteiger partial charge in [-0.3, -0.25) is 40.5 Å². The lowest BCUT2D eigenvalue weighted by Gasteiger charge is -2.00. The SMILES string of the molecule is O=[N+]([O-])c1ccc(Sc2nnc(Sc3ccc([N+](=O)[O-])cc3[N+](=O)[O-])s2)c([N+](=O)[O-])c1. The van der Waals surface area contributed by atoms with E-state index in [0.29, 0.717) is 0 Å². The van der Waals surface area contributed by atoms with Gasteiger partial charge in [0.05, 0.1) is 41.6 Å². The second kappa shape index (κ2) is 8.98. The molecule has 2 aromatic carbocycles. The third-order valence-corrected chi connectivity index (χ3v) is 6.64. The van der Waals surface area contributed by atoms with Crippen molar-refractivity contribution < 1.29 is 19.7 Å². The summed E-state index contributed by atoms with van der Waals surface area (Å²) < 4.78 is 0.507. The number of nitro groups is 4. The molecule has 0 unspecified atom stereocenters. The van der Waals surface area contributed by atoms with Crippen molar-refractivity contribution in [2.75, 3.05) is 0 Å². The summed E-state index contributed by atoms with van der Waals surface area (Å²) in [6.07, 6.45) is 0. The average Bonchev–Trinajstić information content (AvgIpc) is 3.14. The van der Waals surface area contributed by atoms with E-state index in [-0.39, 0.29) is 18.5 Å². The van der Waals surface area contributed by atoms with Gasteiger partial charge in [-0.25, -0.2) is 0 Å². The highest BCUT2D eigenvalue weighted by Crippen LogP contribution is 2.42. The van der Waals surface area contributed by atoms with Crippen LogP contribution in [0.25, 0.3) is 0 Å². The smallest absolute Gasteiger partial charge is 0.258 e. The molecule has 17 heteroatoms. The molecule has 0 bridgehead atoms. The van der Waals surface area contributed by atoms with Crippen molar-refractivity contribution >= 4 is 57.6 Å². The molecule has 1 aromatic heterocycles. The Morgan fingerprint density at radius 1 is 0.645 bits per heavy atom. The molecular formula is C14H6N6O8S3. The molecule has 0 saturated carbocycles. The fraction of sp³-hybridized carbons (Fsp3) is 0. The zero-order chi connectivity index (χ0) is 22.7. The number of nitro benzene ring substituents is 4. The molecule has 3 aromatic rings. The van der Waals surface area contributed by atoms with E-state index in [4.69, 9.17) is 0 Å². The minimum Gasteiger partial charge on any atom is -0.258 e. The van der Waals surface area contributed by atoms with Crippen molar-refractivity contribution in [2.24, 2.45) is 0 Å². The van der Waals surface area contributed by atoms with E-state index >= 15 is 0 Å². The minimum absolute atomic E-state index is 0.101. The summed E-state index contributed by atoms with van der Waals surface area (Å²) in [6.45, 7) is 0. The van der Waals surface area contributed by atoms with Crippen molar-refractivity contribution in [3.05, 3.63) is 76.9 Å². The van der Waals surface area contributed by atoms with E-state index in [1.165, 1.54) is 12.1 Å². The number of hydrogen-bond donors (Lipinski definition) is 0. The first-order valence-corrected chi connectivity index (χ1v) is 10.2. The molecule has 0 amide bonds. The lowest BCUT2D eigenvalue weighted by atomic mass is 10.3. The first kappa shape index (κ1) is 22.0. The van der Waals surface area contributed by atoms with Gasteiger partial charge in [-0.15, -0.1) is 10.2 Å². The Hall–Kier alpha value is -3.70. The van der Waals surface area contributed by atoms with Crippen LogP contribution in [-0.2, 0) is 0 Å². The maximum atomic E-state index is 11.2. The Labute approximate surface area is 182 Å². The monoisotopic (exact) mass is 482 g/mol. The van der Waals surface area contributed by atoms with Crippen LogP contribution in [0.5, 0.6) is 0 Å². The van der Waals surface area contributed by atoms with E-state index in [2.05, 4.69) is 10.2 Å². The summed E-state index contributed by atoms with van der Waals surface area (Å²) in [7, 11) is 0. The Morgan fingerprint density at radius 2 is 1.03 bits per heavy atom. The lowest BCUT2D eigenvalue weighted by Crippen LogP contribution is -1.94. The maximum absolute atomic E-state index is 11.2. The van der Waals surface area contributed by atoms with Crippen LogP contribution in [0.4, 0.5) is 22.7 Å². The van der Waals surface area contributed by atoms with Gasteiger partial charge in [0.25, 0.3) is 22.7 Å². The van der Waals surface area contributed by atoms with Crippen molar-refractivity contribution in [2.45, 2.75) is 18.5 Å². The number of non-ortho nitro benzene ring substituents is 2. The predicted molar refractivity (Wildman–Crippen MR) is 108 cm³/mol. The average molecular weight is 482 g/mol. The summed E-state index contributed by atoms with van der Waals surface area (Å²) in [5.74, 6) is 0. The first-order valence-electron chi connectivity index (χ1n) is 7.70. The quantitative estimate of drug-likeness (QED) is 0.322. The predicted octanol–water partition coefficient (Wildman–Crippen LogP) is 4.47. The fourth-order valence-corrected chi connectivity index (χ4v) is 5.27. The van der Waals surface area contributed by atoms with Gasteiger partial charge in [0.15, 0.2) is 8.68 Å². The summed E-state index contributed by atoms with van der Waals surface area (Å²) in [5, 5.41) is 51.8. The highest BCUT2D eigenvalue weighted by Gasteiger charge is 2.23. The Balaban J connectivity index is 1.85. The molecule has 0 atom stereocenters. The highest BCUT2D eigenvalue weighted by atomic mass is 32.2. The van der Waals surface area contributed by atoms with E-state index in [1.54, 1.807) is 0 Å². The molecule has 0 radical (unpaired) electrons. The van der Waals surface area contributed by atoms with Gasteiger partial charge in [0.1, 0.15) is 0 Å². The van der Waals surface area contributed by atoms with Crippen LogP contribution in [0.1, 0.15) is 0 Å². The van der Waals surface area contributed by atoms with Gasteiger partial charge >= 0.3 is 0 Å². The lowest BCUT2D eigenvalue weighted by molar-refractivity contribution is -0.396.